The van der Waals surface area contributed by atoms with Gasteiger partial charge in [-0.1, -0.05) is 19.3 Å². The third-order valence-electron chi connectivity index (χ3n) is 5.77. The Kier molecular flexibility index (Phi) is 4.27. The highest BCUT2D eigenvalue weighted by Crippen LogP contribution is 2.30. The molecule has 0 N–H and O–H groups in total. The molecule has 2 fully saturated rings. The molecular weight excluding hydrogens is 318 g/mol. The van der Waals surface area contributed by atoms with Gasteiger partial charge in [-0.05, 0) is 37.8 Å². The Morgan fingerprint density at radius 1 is 1.00 bits per heavy atom. The van der Waals surface area contributed by atoms with Crippen LogP contribution in [0.2, 0.25) is 0 Å². The molecule has 0 spiro atoms. The van der Waals surface area contributed by atoms with Crippen molar-refractivity contribution in [2.24, 2.45) is 5.92 Å². The lowest BCUT2D eigenvalue weighted by atomic mass is 9.87. The third-order valence-corrected chi connectivity index (χ3v) is 5.77. The van der Waals surface area contributed by atoms with Gasteiger partial charge in [0, 0.05) is 31.2 Å². The van der Waals surface area contributed by atoms with Crippen LogP contribution in [0, 0.1) is 5.92 Å². The average Bonchev–Trinajstić information content (AvgIpc) is 2.93. The SMILES string of the molecule is O=C(C1CCCCC1)N1CCC(N2C(=O)c3cccnc3C2=O)CC1. The molecule has 4 rings (SSSR count). The van der Waals surface area contributed by atoms with Crippen molar-refractivity contribution in [3.8, 4) is 0 Å². The van der Waals surface area contributed by atoms with Gasteiger partial charge in [-0.2, -0.15) is 0 Å². The zero-order valence-electron chi connectivity index (χ0n) is 14.3. The molecule has 1 saturated carbocycles. The van der Waals surface area contributed by atoms with E-state index in [0.717, 1.165) is 25.7 Å². The second-order valence-electron chi connectivity index (χ2n) is 7.27. The third kappa shape index (κ3) is 2.83. The van der Waals surface area contributed by atoms with Crippen LogP contribution in [0.3, 0.4) is 0 Å². The van der Waals surface area contributed by atoms with E-state index in [1.54, 1.807) is 18.3 Å². The summed E-state index contributed by atoms with van der Waals surface area (Å²) in [5, 5.41) is 0. The van der Waals surface area contributed by atoms with E-state index in [-0.39, 0.29) is 35.4 Å². The van der Waals surface area contributed by atoms with Gasteiger partial charge in [-0.25, -0.2) is 0 Å². The first-order chi connectivity index (χ1) is 12.2. The number of hydrogen-bond acceptors (Lipinski definition) is 4. The quantitative estimate of drug-likeness (QED) is 0.774. The number of amides is 3. The van der Waals surface area contributed by atoms with E-state index in [2.05, 4.69) is 4.98 Å². The summed E-state index contributed by atoms with van der Waals surface area (Å²) in [4.78, 5) is 45.1. The highest BCUT2D eigenvalue weighted by atomic mass is 16.2. The molecule has 0 unspecified atom stereocenters. The Balaban J connectivity index is 1.40. The fourth-order valence-corrected chi connectivity index (χ4v) is 4.37. The standard InChI is InChI=1S/C19H23N3O3/c23-17(13-5-2-1-3-6-13)21-11-8-14(9-12-21)22-18(24)15-7-4-10-20-16(15)19(22)25/h4,7,10,13-14H,1-3,5-6,8-9,11-12H2. The summed E-state index contributed by atoms with van der Waals surface area (Å²) in [5.41, 5.74) is 0.654. The molecule has 0 atom stereocenters. The molecule has 0 radical (unpaired) electrons. The van der Waals surface area contributed by atoms with Crippen LogP contribution in [0.15, 0.2) is 18.3 Å². The van der Waals surface area contributed by atoms with Gasteiger partial charge in [-0.3, -0.25) is 24.3 Å². The van der Waals surface area contributed by atoms with Crippen molar-refractivity contribution < 1.29 is 14.4 Å². The summed E-state index contributed by atoms with van der Waals surface area (Å²) in [7, 11) is 0. The number of carbonyl (C=O) groups is 3. The van der Waals surface area contributed by atoms with Crippen molar-refractivity contribution in [1.82, 2.24) is 14.8 Å². The average molecular weight is 341 g/mol. The van der Waals surface area contributed by atoms with Crippen molar-refractivity contribution in [3.63, 3.8) is 0 Å². The second kappa shape index (κ2) is 6.58. The molecule has 1 aromatic heterocycles. The first kappa shape index (κ1) is 16.2. The molecule has 1 aliphatic carbocycles. The van der Waals surface area contributed by atoms with Crippen molar-refractivity contribution in [2.75, 3.05) is 13.1 Å². The minimum Gasteiger partial charge on any atom is -0.342 e. The van der Waals surface area contributed by atoms with Crippen LogP contribution in [0.1, 0.15) is 65.8 Å². The summed E-state index contributed by atoms with van der Waals surface area (Å²) in [6, 6.07) is 3.20. The number of likely N-dealkylation sites (tertiary alicyclic amines) is 1. The molecule has 0 aromatic carbocycles. The van der Waals surface area contributed by atoms with Gasteiger partial charge in [0.25, 0.3) is 11.8 Å². The molecular formula is C19H23N3O3. The van der Waals surface area contributed by atoms with E-state index in [1.165, 1.54) is 11.3 Å². The lowest BCUT2D eigenvalue weighted by Gasteiger charge is -2.37. The molecule has 6 nitrogen and oxygen atoms in total. The number of carbonyl (C=O) groups excluding carboxylic acids is 3. The summed E-state index contributed by atoms with van der Waals surface area (Å²) in [6.07, 6.45) is 8.39. The molecule has 6 heteroatoms. The van der Waals surface area contributed by atoms with Gasteiger partial charge >= 0.3 is 0 Å². The fraction of sp³-hybridized carbons (Fsp3) is 0.579. The molecule has 1 saturated heterocycles. The van der Waals surface area contributed by atoms with Crippen LogP contribution >= 0.6 is 0 Å². The van der Waals surface area contributed by atoms with Gasteiger partial charge in [0.2, 0.25) is 5.91 Å². The molecule has 1 aromatic rings. The van der Waals surface area contributed by atoms with Gasteiger partial charge < -0.3 is 4.90 Å². The normalized spacial score (nSPS) is 22.4. The lowest BCUT2D eigenvalue weighted by molar-refractivity contribution is -0.137. The molecule has 2 aliphatic heterocycles. The summed E-state index contributed by atoms with van der Waals surface area (Å²) in [5.74, 6) is -0.0983. The number of aromatic nitrogens is 1. The van der Waals surface area contributed by atoms with E-state index in [1.807, 2.05) is 4.90 Å². The van der Waals surface area contributed by atoms with Gasteiger partial charge in [0.1, 0.15) is 5.69 Å². The maximum Gasteiger partial charge on any atom is 0.280 e. The number of hydrogen-bond donors (Lipinski definition) is 0. The number of rotatable bonds is 2. The predicted octanol–water partition coefficient (Wildman–Crippen LogP) is 2.25. The van der Waals surface area contributed by atoms with Crippen molar-refractivity contribution >= 4 is 17.7 Å². The highest BCUT2D eigenvalue weighted by Gasteiger charge is 2.42. The Morgan fingerprint density at radius 2 is 1.72 bits per heavy atom. The Labute approximate surface area is 147 Å². The van der Waals surface area contributed by atoms with Crippen LogP contribution in [0.25, 0.3) is 0 Å². The largest absolute Gasteiger partial charge is 0.342 e. The Bertz CT molecular complexity index is 669. The van der Waals surface area contributed by atoms with Crippen LogP contribution in [0.5, 0.6) is 0 Å². The van der Waals surface area contributed by atoms with Crippen LogP contribution in [-0.2, 0) is 4.79 Å². The van der Waals surface area contributed by atoms with Crippen molar-refractivity contribution in [1.29, 1.82) is 0 Å². The van der Waals surface area contributed by atoms with Gasteiger partial charge in [-0.15, -0.1) is 0 Å². The summed E-state index contributed by atoms with van der Waals surface area (Å²) >= 11 is 0. The highest BCUT2D eigenvalue weighted by molar-refractivity contribution is 6.20. The number of pyridine rings is 1. The van der Waals surface area contributed by atoms with E-state index in [9.17, 15) is 14.4 Å². The summed E-state index contributed by atoms with van der Waals surface area (Å²) < 4.78 is 0. The minimum atomic E-state index is -0.294. The number of nitrogens with zero attached hydrogens (tertiary/aromatic N) is 3. The molecule has 3 amide bonds. The van der Waals surface area contributed by atoms with Crippen molar-refractivity contribution in [2.45, 2.75) is 51.0 Å². The van der Waals surface area contributed by atoms with E-state index in [0.29, 0.717) is 31.5 Å². The zero-order valence-corrected chi connectivity index (χ0v) is 14.3. The Hall–Kier alpha value is -2.24. The van der Waals surface area contributed by atoms with Gasteiger partial charge in [0.15, 0.2) is 0 Å². The molecule has 25 heavy (non-hydrogen) atoms. The smallest absolute Gasteiger partial charge is 0.280 e. The predicted molar refractivity (Wildman–Crippen MR) is 90.9 cm³/mol. The Morgan fingerprint density at radius 3 is 2.40 bits per heavy atom. The first-order valence-electron chi connectivity index (χ1n) is 9.28. The number of fused-ring (bicyclic) bond motifs is 1. The maximum atomic E-state index is 12.7. The molecule has 132 valence electrons. The molecule has 3 aliphatic rings. The number of imide groups is 1. The van der Waals surface area contributed by atoms with Gasteiger partial charge in [0.05, 0.1) is 5.56 Å². The van der Waals surface area contributed by atoms with E-state index in [4.69, 9.17) is 0 Å². The topological polar surface area (TPSA) is 70.6 Å². The lowest BCUT2D eigenvalue weighted by Crippen LogP contribution is -2.50. The van der Waals surface area contributed by atoms with Crippen molar-refractivity contribution in [3.05, 3.63) is 29.6 Å². The second-order valence-corrected chi connectivity index (χ2v) is 7.27. The fourth-order valence-electron chi connectivity index (χ4n) is 4.37. The van der Waals surface area contributed by atoms with E-state index >= 15 is 0 Å². The monoisotopic (exact) mass is 341 g/mol. The maximum absolute atomic E-state index is 12.7. The molecule has 0 bridgehead atoms. The summed E-state index contributed by atoms with van der Waals surface area (Å²) in [6.45, 7) is 1.25. The minimum absolute atomic E-state index is 0.135. The first-order valence-corrected chi connectivity index (χ1v) is 9.28. The number of piperidine rings is 1. The van der Waals surface area contributed by atoms with Crippen LogP contribution < -0.4 is 0 Å². The zero-order chi connectivity index (χ0) is 17.4. The van der Waals surface area contributed by atoms with Crippen LogP contribution in [-0.4, -0.2) is 51.6 Å². The van der Waals surface area contributed by atoms with Crippen LogP contribution in [0.4, 0.5) is 0 Å². The molecule has 3 heterocycles. The van der Waals surface area contributed by atoms with E-state index < -0.39 is 0 Å².